The number of hydroxylamine groups is 2. The second-order valence-corrected chi connectivity index (χ2v) is 9.08. The molecule has 0 radical (unpaired) electrons. The number of hydrogen-bond donors (Lipinski definition) is 1. The van der Waals surface area contributed by atoms with Crippen molar-refractivity contribution in [2.75, 3.05) is 6.54 Å². The Hall–Kier alpha value is -2.72. The molecule has 1 amide bonds. The van der Waals surface area contributed by atoms with Crippen molar-refractivity contribution < 1.29 is 36.7 Å². The van der Waals surface area contributed by atoms with Crippen LogP contribution >= 0.6 is 0 Å². The maximum Gasteiger partial charge on any atom is 0.394 e. The SMILES string of the molecule is CC(F)(F)Oc1ccc(Oc2ccc(S(=O)(=O)C3CCCCN(O)C3=O)cc2)cc1. The van der Waals surface area contributed by atoms with E-state index in [4.69, 9.17) is 4.74 Å². The zero-order valence-corrected chi connectivity index (χ0v) is 16.9. The van der Waals surface area contributed by atoms with E-state index in [1.165, 1.54) is 48.5 Å². The van der Waals surface area contributed by atoms with Gasteiger partial charge in [0.2, 0.25) is 0 Å². The predicted octanol–water partition coefficient (Wildman–Crippen LogP) is 4.01. The molecule has 1 unspecified atom stereocenters. The van der Waals surface area contributed by atoms with E-state index in [1.807, 2.05) is 0 Å². The van der Waals surface area contributed by atoms with Gasteiger partial charge in [0.05, 0.1) is 4.90 Å². The third kappa shape index (κ3) is 5.25. The Labute approximate surface area is 172 Å². The fourth-order valence-electron chi connectivity index (χ4n) is 3.06. The van der Waals surface area contributed by atoms with Gasteiger partial charge in [-0.15, -0.1) is 0 Å². The number of carbonyl (C=O) groups is 1. The molecular weight excluding hydrogens is 420 g/mol. The number of nitrogens with zero attached hydrogens (tertiary/aromatic N) is 1. The number of amides is 1. The second kappa shape index (κ2) is 8.57. The zero-order chi connectivity index (χ0) is 21.9. The monoisotopic (exact) mass is 441 g/mol. The molecule has 1 atom stereocenters. The molecule has 2 aromatic rings. The molecule has 3 rings (SSSR count). The van der Waals surface area contributed by atoms with Crippen LogP contribution in [0.25, 0.3) is 0 Å². The van der Waals surface area contributed by atoms with Crippen LogP contribution in [0.4, 0.5) is 8.78 Å². The molecule has 1 aliphatic heterocycles. The molecule has 1 aliphatic rings. The van der Waals surface area contributed by atoms with Crippen molar-refractivity contribution in [2.24, 2.45) is 0 Å². The highest BCUT2D eigenvalue weighted by molar-refractivity contribution is 7.92. The highest BCUT2D eigenvalue weighted by Crippen LogP contribution is 2.29. The van der Waals surface area contributed by atoms with Crippen LogP contribution in [-0.2, 0) is 14.6 Å². The number of hydrogen-bond acceptors (Lipinski definition) is 6. The standard InChI is InChI=1S/C20H21F2NO6S/c1-20(21,22)29-16-7-5-14(6-8-16)28-15-9-11-17(12-10-15)30(26,27)18-4-2-3-13-23(25)19(18)24/h5-12,18,25H,2-4,13H2,1H3. The Kier molecular flexibility index (Phi) is 6.27. The van der Waals surface area contributed by atoms with Gasteiger partial charge in [-0.3, -0.25) is 10.0 Å². The molecule has 0 aliphatic carbocycles. The Balaban J connectivity index is 1.72. The van der Waals surface area contributed by atoms with Gasteiger partial charge in [-0.05, 0) is 67.8 Å². The van der Waals surface area contributed by atoms with Crippen molar-refractivity contribution in [1.82, 2.24) is 5.06 Å². The van der Waals surface area contributed by atoms with Crippen LogP contribution < -0.4 is 9.47 Å². The Morgan fingerprint density at radius 1 is 1.00 bits per heavy atom. The van der Waals surface area contributed by atoms with Gasteiger partial charge in [0.1, 0.15) is 22.5 Å². The molecular formula is C20H21F2NO6S. The molecule has 2 aromatic carbocycles. The second-order valence-electron chi connectivity index (χ2n) is 6.95. The first kappa shape index (κ1) is 22.0. The van der Waals surface area contributed by atoms with Gasteiger partial charge in [0, 0.05) is 13.5 Å². The van der Waals surface area contributed by atoms with Crippen LogP contribution in [-0.4, -0.2) is 42.5 Å². The van der Waals surface area contributed by atoms with E-state index in [2.05, 4.69) is 4.74 Å². The third-order valence-corrected chi connectivity index (χ3v) is 6.62. The maximum absolute atomic E-state index is 12.9. The summed E-state index contributed by atoms with van der Waals surface area (Å²) in [5, 5.41) is 8.81. The molecule has 1 heterocycles. The van der Waals surface area contributed by atoms with E-state index in [1.54, 1.807) is 0 Å². The quantitative estimate of drug-likeness (QED) is 0.681. The number of alkyl halides is 2. The average Bonchev–Trinajstić information content (AvgIpc) is 2.84. The highest BCUT2D eigenvalue weighted by atomic mass is 32.2. The summed E-state index contributed by atoms with van der Waals surface area (Å²) >= 11 is 0. The van der Waals surface area contributed by atoms with Crippen molar-refractivity contribution >= 4 is 15.7 Å². The number of rotatable bonds is 6. The van der Waals surface area contributed by atoms with Crippen LogP contribution in [0.3, 0.4) is 0 Å². The minimum Gasteiger partial charge on any atom is -0.457 e. The van der Waals surface area contributed by atoms with Gasteiger partial charge in [-0.2, -0.15) is 8.78 Å². The molecule has 30 heavy (non-hydrogen) atoms. The van der Waals surface area contributed by atoms with E-state index in [0.29, 0.717) is 36.3 Å². The summed E-state index contributed by atoms with van der Waals surface area (Å²) in [4.78, 5) is 12.1. The van der Waals surface area contributed by atoms with Crippen molar-refractivity contribution in [3.63, 3.8) is 0 Å². The van der Waals surface area contributed by atoms with Gasteiger partial charge in [-0.25, -0.2) is 13.5 Å². The lowest BCUT2D eigenvalue weighted by Crippen LogP contribution is -2.39. The van der Waals surface area contributed by atoms with Crippen LogP contribution in [0.15, 0.2) is 53.4 Å². The average molecular weight is 441 g/mol. The summed E-state index contributed by atoms with van der Waals surface area (Å²) in [6, 6.07) is 11.0. The van der Waals surface area contributed by atoms with E-state index in [0.717, 1.165) is 0 Å². The first-order valence-electron chi connectivity index (χ1n) is 9.25. The molecule has 0 aromatic heterocycles. The minimum atomic E-state index is -3.97. The smallest absolute Gasteiger partial charge is 0.394 e. The Morgan fingerprint density at radius 2 is 1.53 bits per heavy atom. The first-order valence-corrected chi connectivity index (χ1v) is 10.8. The van der Waals surface area contributed by atoms with Crippen molar-refractivity contribution in [2.45, 2.75) is 42.4 Å². The topological polar surface area (TPSA) is 93.1 Å². The van der Waals surface area contributed by atoms with Gasteiger partial charge in [0.25, 0.3) is 5.91 Å². The number of halogens is 2. The molecule has 7 nitrogen and oxygen atoms in total. The zero-order valence-electron chi connectivity index (χ0n) is 16.1. The van der Waals surface area contributed by atoms with Crippen LogP contribution in [0, 0.1) is 0 Å². The largest absolute Gasteiger partial charge is 0.457 e. The van der Waals surface area contributed by atoms with Gasteiger partial charge < -0.3 is 9.47 Å². The summed E-state index contributed by atoms with van der Waals surface area (Å²) in [6.07, 6.45) is -2.12. The normalized spacial score (nSPS) is 18.1. The molecule has 0 bridgehead atoms. The van der Waals surface area contributed by atoms with Gasteiger partial charge in [0.15, 0.2) is 9.84 Å². The fraction of sp³-hybridized carbons (Fsp3) is 0.350. The Bertz CT molecular complexity index is 987. The lowest BCUT2D eigenvalue weighted by atomic mass is 10.2. The lowest BCUT2D eigenvalue weighted by Gasteiger charge is -2.18. The number of benzene rings is 2. The van der Waals surface area contributed by atoms with Gasteiger partial charge in [-0.1, -0.05) is 0 Å². The van der Waals surface area contributed by atoms with Crippen molar-refractivity contribution in [3.05, 3.63) is 48.5 Å². The van der Waals surface area contributed by atoms with Crippen LogP contribution in [0.5, 0.6) is 17.2 Å². The molecule has 10 heteroatoms. The van der Waals surface area contributed by atoms with E-state index in [-0.39, 0.29) is 23.6 Å². The molecule has 1 N–H and O–H groups in total. The third-order valence-electron chi connectivity index (χ3n) is 4.50. The summed E-state index contributed by atoms with van der Waals surface area (Å²) in [5.74, 6) is -0.193. The highest BCUT2D eigenvalue weighted by Gasteiger charge is 2.37. The first-order chi connectivity index (χ1) is 14.1. The van der Waals surface area contributed by atoms with E-state index >= 15 is 0 Å². The van der Waals surface area contributed by atoms with Gasteiger partial charge >= 0.3 is 6.11 Å². The number of carbonyl (C=O) groups excluding carboxylic acids is 1. The van der Waals surface area contributed by atoms with Crippen LogP contribution in [0.1, 0.15) is 26.2 Å². The summed E-state index contributed by atoms with van der Waals surface area (Å²) in [6.45, 7) is 0.741. The number of ether oxygens (including phenoxy) is 2. The van der Waals surface area contributed by atoms with Crippen LogP contribution in [0.2, 0.25) is 0 Å². The molecule has 0 saturated carbocycles. The molecule has 0 spiro atoms. The van der Waals surface area contributed by atoms with E-state index in [9.17, 15) is 27.2 Å². The predicted molar refractivity (Wildman–Crippen MR) is 103 cm³/mol. The lowest BCUT2D eigenvalue weighted by molar-refractivity contribution is -0.163. The summed E-state index contributed by atoms with van der Waals surface area (Å²) in [7, 11) is -3.97. The fourth-order valence-corrected chi connectivity index (χ4v) is 4.77. The van der Waals surface area contributed by atoms with Crippen molar-refractivity contribution in [1.29, 1.82) is 0 Å². The molecule has 162 valence electrons. The maximum atomic E-state index is 12.9. The summed E-state index contributed by atoms with van der Waals surface area (Å²) in [5.41, 5.74) is 0. The molecule has 1 saturated heterocycles. The van der Waals surface area contributed by atoms with E-state index < -0.39 is 27.1 Å². The Morgan fingerprint density at radius 3 is 2.10 bits per heavy atom. The number of sulfone groups is 1. The van der Waals surface area contributed by atoms with Crippen molar-refractivity contribution in [3.8, 4) is 17.2 Å². The molecule has 1 fully saturated rings. The summed E-state index contributed by atoms with van der Waals surface area (Å²) < 4.78 is 61.4. The minimum absolute atomic E-state index is 0.0257.